The zero-order valence-corrected chi connectivity index (χ0v) is 18.0. The molecule has 0 aliphatic heterocycles. The summed E-state index contributed by atoms with van der Waals surface area (Å²) in [6.45, 7) is 8.34. The van der Waals surface area contributed by atoms with Gasteiger partial charge in [-0.1, -0.05) is 38.1 Å². The molecule has 0 spiro atoms. The van der Waals surface area contributed by atoms with Crippen molar-refractivity contribution < 1.29 is 0 Å². The van der Waals surface area contributed by atoms with Crippen LogP contribution in [0.1, 0.15) is 43.5 Å². The summed E-state index contributed by atoms with van der Waals surface area (Å²) in [6, 6.07) is 10.7. The summed E-state index contributed by atoms with van der Waals surface area (Å²) in [5.74, 6) is 0. The molecule has 5 heteroatoms. The number of nitrogens with zero attached hydrogens (tertiary/aromatic N) is 3. The van der Waals surface area contributed by atoms with E-state index < -0.39 is 0 Å². The van der Waals surface area contributed by atoms with Crippen molar-refractivity contribution in [2.75, 3.05) is 32.5 Å². The Morgan fingerprint density at radius 3 is 2.26 bits per heavy atom. The van der Waals surface area contributed by atoms with E-state index in [-0.39, 0.29) is 6.04 Å². The zero-order valence-electron chi connectivity index (χ0n) is 17.2. The van der Waals surface area contributed by atoms with Crippen molar-refractivity contribution in [3.63, 3.8) is 0 Å². The number of hydrogen-bond acceptors (Lipinski definition) is 3. The molecule has 0 aliphatic carbocycles. The first-order chi connectivity index (χ1) is 13.0. The first-order valence-electron chi connectivity index (χ1n) is 9.70. The number of thiocarbonyl (C=S) groups is 1. The second-order valence-corrected chi connectivity index (χ2v) is 7.43. The molecule has 0 fully saturated rings. The number of benzene rings is 1. The highest BCUT2D eigenvalue weighted by Gasteiger charge is 2.20. The lowest BCUT2D eigenvalue weighted by Crippen LogP contribution is -2.41. The van der Waals surface area contributed by atoms with Gasteiger partial charge in [0, 0.05) is 31.2 Å². The average molecular weight is 385 g/mol. The van der Waals surface area contributed by atoms with Gasteiger partial charge in [0.15, 0.2) is 5.11 Å². The summed E-state index contributed by atoms with van der Waals surface area (Å²) in [4.78, 5) is 8.73. The second kappa shape index (κ2) is 10.4. The van der Waals surface area contributed by atoms with Gasteiger partial charge >= 0.3 is 0 Å². The van der Waals surface area contributed by atoms with Gasteiger partial charge in [-0.15, -0.1) is 0 Å². The summed E-state index contributed by atoms with van der Waals surface area (Å²) < 4.78 is 0. The van der Waals surface area contributed by atoms with Crippen LogP contribution in [-0.4, -0.2) is 47.1 Å². The van der Waals surface area contributed by atoms with Gasteiger partial charge in [0.2, 0.25) is 0 Å². The third-order valence-electron chi connectivity index (χ3n) is 4.91. The van der Waals surface area contributed by atoms with Crippen molar-refractivity contribution in [2.45, 2.75) is 39.7 Å². The quantitative estimate of drug-likeness (QED) is 0.676. The summed E-state index contributed by atoms with van der Waals surface area (Å²) in [6.07, 6.45) is 5.69. The zero-order chi connectivity index (χ0) is 19.8. The molecule has 1 aromatic carbocycles. The minimum Gasteiger partial charge on any atom is -0.341 e. The molecule has 1 atom stereocenters. The van der Waals surface area contributed by atoms with Crippen molar-refractivity contribution in [3.8, 4) is 0 Å². The number of aryl methyl sites for hydroxylation is 2. The maximum absolute atomic E-state index is 5.88. The fraction of sp³-hybridized carbons (Fsp3) is 0.455. The van der Waals surface area contributed by atoms with Crippen LogP contribution in [0.15, 0.2) is 42.7 Å². The van der Waals surface area contributed by atoms with E-state index in [0.29, 0.717) is 0 Å². The molecule has 0 aliphatic rings. The Bertz CT molecular complexity index is 708. The van der Waals surface area contributed by atoms with Crippen molar-refractivity contribution in [1.82, 2.24) is 14.8 Å². The fourth-order valence-corrected chi connectivity index (χ4v) is 3.52. The lowest BCUT2D eigenvalue weighted by Gasteiger charge is -2.33. The van der Waals surface area contributed by atoms with Crippen LogP contribution >= 0.6 is 12.2 Å². The Labute approximate surface area is 169 Å². The monoisotopic (exact) mass is 384 g/mol. The highest BCUT2D eigenvalue weighted by Crippen LogP contribution is 2.25. The number of rotatable bonds is 8. The van der Waals surface area contributed by atoms with E-state index in [4.69, 9.17) is 12.2 Å². The number of pyridine rings is 1. The van der Waals surface area contributed by atoms with Gasteiger partial charge < -0.3 is 15.1 Å². The molecule has 1 heterocycles. The number of nitrogens with one attached hydrogen (secondary N) is 1. The van der Waals surface area contributed by atoms with E-state index in [1.54, 1.807) is 0 Å². The number of anilines is 1. The van der Waals surface area contributed by atoms with Crippen LogP contribution in [0.3, 0.4) is 0 Å². The standard InChI is InChI=1S/C22H32N4S/c1-6-18-10-8-11-19(7-2)21(18)24-22(27)26(15-14-25(4)5)17(3)20-12-9-13-23-16-20/h8-13,16-17H,6-7,14-15H2,1-5H3,(H,24,27)/t17-/m0/s1. The van der Waals surface area contributed by atoms with Crippen molar-refractivity contribution in [2.24, 2.45) is 0 Å². The van der Waals surface area contributed by atoms with Crippen molar-refractivity contribution in [1.29, 1.82) is 0 Å². The minimum atomic E-state index is 0.150. The minimum absolute atomic E-state index is 0.150. The SMILES string of the molecule is CCc1cccc(CC)c1NC(=S)N(CCN(C)C)[C@@H](C)c1cccnc1. The van der Waals surface area contributed by atoms with E-state index in [9.17, 15) is 0 Å². The lowest BCUT2D eigenvalue weighted by atomic mass is 10.0. The molecule has 0 saturated carbocycles. The highest BCUT2D eigenvalue weighted by molar-refractivity contribution is 7.80. The Morgan fingerprint density at radius 1 is 1.07 bits per heavy atom. The maximum Gasteiger partial charge on any atom is 0.173 e. The summed E-state index contributed by atoms with van der Waals surface area (Å²) in [5, 5.41) is 4.34. The van der Waals surface area contributed by atoms with E-state index in [0.717, 1.165) is 31.0 Å². The van der Waals surface area contributed by atoms with E-state index in [1.807, 2.05) is 18.5 Å². The van der Waals surface area contributed by atoms with Gasteiger partial charge in [-0.05, 0) is 68.8 Å². The van der Waals surface area contributed by atoms with E-state index in [1.165, 1.54) is 22.4 Å². The first kappa shape index (κ1) is 21.3. The third-order valence-corrected chi connectivity index (χ3v) is 5.25. The number of aromatic nitrogens is 1. The van der Waals surface area contributed by atoms with Crippen LogP contribution in [0.4, 0.5) is 5.69 Å². The van der Waals surface area contributed by atoms with Gasteiger partial charge in [-0.25, -0.2) is 0 Å². The average Bonchev–Trinajstić information content (AvgIpc) is 2.68. The van der Waals surface area contributed by atoms with Crippen LogP contribution in [0, 0.1) is 0 Å². The summed E-state index contributed by atoms with van der Waals surface area (Å²) in [7, 11) is 4.18. The molecule has 4 nitrogen and oxygen atoms in total. The van der Waals surface area contributed by atoms with Gasteiger partial charge in [0.05, 0.1) is 6.04 Å². The fourth-order valence-electron chi connectivity index (χ4n) is 3.16. The van der Waals surface area contributed by atoms with Gasteiger partial charge in [0.1, 0.15) is 0 Å². The molecule has 146 valence electrons. The number of hydrogen-bond donors (Lipinski definition) is 1. The molecule has 1 aromatic heterocycles. The van der Waals surface area contributed by atoms with E-state index in [2.05, 4.69) is 79.2 Å². The Balaban J connectivity index is 2.29. The van der Waals surface area contributed by atoms with Gasteiger partial charge in [-0.2, -0.15) is 0 Å². The lowest BCUT2D eigenvalue weighted by molar-refractivity contribution is 0.289. The molecular formula is C22H32N4S. The van der Waals surface area contributed by atoms with Crippen molar-refractivity contribution in [3.05, 3.63) is 59.4 Å². The Kier molecular flexibility index (Phi) is 8.20. The van der Waals surface area contributed by atoms with Gasteiger partial charge in [0.25, 0.3) is 0 Å². The molecular weight excluding hydrogens is 352 g/mol. The third kappa shape index (κ3) is 5.75. The van der Waals surface area contributed by atoms with Crippen LogP contribution in [0.2, 0.25) is 0 Å². The molecule has 2 aromatic rings. The predicted molar refractivity (Wildman–Crippen MR) is 119 cm³/mol. The first-order valence-corrected chi connectivity index (χ1v) is 10.1. The number of para-hydroxylation sites is 1. The molecule has 2 rings (SSSR count). The Morgan fingerprint density at radius 2 is 1.74 bits per heavy atom. The maximum atomic E-state index is 5.88. The molecule has 0 bridgehead atoms. The van der Waals surface area contributed by atoms with Crippen LogP contribution in [0.5, 0.6) is 0 Å². The second-order valence-electron chi connectivity index (χ2n) is 7.05. The summed E-state index contributed by atoms with van der Waals surface area (Å²) >= 11 is 5.88. The van der Waals surface area contributed by atoms with Gasteiger partial charge in [-0.3, -0.25) is 4.98 Å². The van der Waals surface area contributed by atoms with Crippen LogP contribution in [0.25, 0.3) is 0 Å². The topological polar surface area (TPSA) is 31.4 Å². The normalized spacial score (nSPS) is 12.1. The molecule has 27 heavy (non-hydrogen) atoms. The molecule has 1 N–H and O–H groups in total. The predicted octanol–water partition coefficient (Wildman–Crippen LogP) is 4.53. The molecule has 0 unspecified atom stereocenters. The summed E-state index contributed by atoms with van der Waals surface area (Å²) in [5.41, 5.74) is 4.94. The van der Waals surface area contributed by atoms with Crippen molar-refractivity contribution >= 4 is 23.0 Å². The molecule has 0 radical (unpaired) electrons. The Hall–Kier alpha value is -1.98. The van der Waals surface area contributed by atoms with Crippen LogP contribution in [-0.2, 0) is 12.8 Å². The highest BCUT2D eigenvalue weighted by atomic mass is 32.1. The number of likely N-dealkylation sites (N-methyl/N-ethyl adjacent to an activating group) is 1. The van der Waals surface area contributed by atoms with E-state index >= 15 is 0 Å². The largest absolute Gasteiger partial charge is 0.341 e. The molecule has 0 saturated heterocycles. The smallest absolute Gasteiger partial charge is 0.173 e. The van der Waals surface area contributed by atoms with Crippen LogP contribution < -0.4 is 5.32 Å². The molecule has 0 amide bonds.